The molecule has 328 valence electrons. The molecular weight excluding hydrogens is 849 g/mol. The fraction of sp³-hybridized carbons (Fsp3) is 0.0149. The minimum atomic E-state index is -0.688. The molecule has 11 aromatic carbocycles. The van der Waals surface area contributed by atoms with E-state index in [1.54, 1.807) is 0 Å². The quantitative estimate of drug-likeness (QED) is 0.159. The number of nitrogens with zero attached hydrogens (tertiary/aromatic N) is 2. The van der Waals surface area contributed by atoms with Crippen LogP contribution in [0.15, 0.2) is 271 Å². The van der Waals surface area contributed by atoms with Crippen molar-refractivity contribution in [3.05, 3.63) is 289 Å². The SMILES string of the molecule is c1ccc(-n2c3ccccc3c3cc(-c4ccc(N(c5cccc(C6(c7ccccc7)c7ccccc7-c7ccccc7-c7ccccc76)c5)c5cccc6c5oc5ccccc56)cc4)ccc32)cc1. The maximum Gasteiger partial charge on any atom is 0.159 e. The zero-order chi connectivity index (χ0) is 46.2. The van der Waals surface area contributed by atoms with Crippen molar-refractivity contribution in [2.24, 2.45) is 0 Å². The van der Waals surface area contributed by atoms with Crippen molar-refractivity contribution < 1.29 is 4.42 Å². The second-order valence-electron chi connectivity index (χ2n) is 18.4. The van der Waals surface area contributed by atoms with Crippen molar-refractivity contribution in [3.63, 3.8) is 0 Å². The molecule has 0 unspecified atom stereocenters. The first-order valence-corrected chi connectivity index (χ1v) is 24.1. The van der Waals surface area contributed by atoms with Gasteiger partial charge in [-0.05, 0) is 122 Å². The molecule has 3 nitrogen and oxygen atoms in total. The summed E-state index contributed by atoms with van der Waals surface area (Å²) in [5.74, 6) is 0. The smallest absolute Gasteiger partial charge is 0.159 e. The first-order chi connectivity index (χ1) is 34.7. The number of para-hydroxylation sites is 4. The molecule has 0 aliphatic heterocycles. The third-order valence-electron chi connectivity index (χ3n) is 14.7. The van der Waals surface area contributed by atoms with E-state index in [1.165, 1.54) is 71.9 Å². The summed E-state index contributed by atoms with van der Waals surface area (Å²) in [7, 11) is 0. The Morgan fingerprint density at radius 2 is 0.900 bits per heavy atom. The van der Waals surface area contributed by atoms with Crippen LogP contribution in [-0.2, 0) is 5.41 Å². The van der Waals surface area contributed by atoms with E-state index in [0.29, 0.717) is 0 Å². The highest BCUT2D eigenvalue weighted by atomic mass is 16.3. The summed E-state index contributed by atoms with van der Waals surface area (Å²) in [4.78, 5) is 2.39. The number of rotatable bonds is 7. The van der Waals surface area contributed by atoms with E-state index >= 15 is 0 Å². The third kappa shape index (κ3) is 6.01. The fourth-order valence-electron chi connectivity index (χ4n) is 11.7. The van der Waals surface area contributed by atoms with Crippen molar-refractivity contribution in [2.45, 2.75) is 5.41 Å². The molecule has 70 heavy (non-hydrogen) atoms. The molecule has 0 spiro atoms. The van der Waals surface area contributed by atoms with Crippen molar-refractivity contribution in [3.8, 4) is 39.1 Å². The Bertz CT molecular complexity index is 4060. The van der Waals surface area contributed by atoms with Crippen LogP contribution in [0.4, 0.5) is 17.1 Å². The molecule has 0 atom stereocenters. The molecule has 1 aliphatic rings. The Labute approximate surface area is 406 Å². The highest BCUT2D eigenvalue weighted by molar-refractivity contribution is 6.12. The number of furan rings is 1. The lowest BCUT2D eigenvalue weighted by atomic mass is 9.63. The van der Waals surface area contributed by atoms with Gasteiger partial charge in [-0.1, -0.05) is 200 Å². The Morgan fingerprint density at radius 1 is 0.343 bits per heavy atom. The van der Waals surface area contributed by atoms with Crippen LogP contribution in [0.25, 0.3) is 82.8 Å². The van der Waals surface area contributed by atoms with Crippen LogP contribution >= 0.6 is 0 Å². The predicted molar refractivity (Wildman–Crippen MR) is 291 cm³/mol. The van der Waals surface area contributed by atoms with E-state index < -0.39 is 5.41 Å². The first-order valence-electron chi connectivity index (χ1n) is 24.1. The van der Waals surface area contributed by atoms with Gasteiger partial charge in [0, 0.05) is 38.6 Å². The van der Waals surface area contributed by atoms with Gasteiger partial charge in [0.05, 0.1) is 22.1 Å². The largest absolute Gasteiger partial charge is 0.454 e. The molecule has 2 aromatic heterocycles. The summed E-state index contributed by atoms with van der Waals surface area (Å²) < 4.78 is 9.22. The average molecular weight is 893 g/mol. The van der Waals surface area contributed by atoms with Crippen LogP contribution in [0, 0.1) is 0 Å². The molecule has 14 rings (SSSR count). The Hall–Kier alpha value is -9.18. The summed E-state index contributed by atoms with van der Waals surface area (Å²) in [5, 5.41) is 4.65. The first kappa shape index (κ1) is 39.9. The van der Waals surface area contributed by atoms with Gasteiger partial charge in [0.15, 0.2) is 5.58 Å². The third-order valence-corrected chi connectivity index (χ3v) is 14.7. The van der Waals surface area contributed by atoms with Crippen molar-refractivity contribution in [1.82, 2.24) is 4.57 Å². The van der Waals surface area contributed by atoms with E-state index in [0.717, 1.165) is 50.3 Å². The predicted octanol–water partition coefficient (Wildman–Crippen LogP) is 17.8. The van der Waals surface area contributed by atoms with Gasteiger partial charge in [0.2, 0.25) is 0 Å². The summed E-state index contributed by atoms with van der Waals surface area (Å²) in [6, 6.07) is 97.5. The van der Waals surface area contributed by atoms with E-state index in [9.17, 15) is 0 Å². The molecular formula is C67H44N2O. The molecule has 2 heterocycles. The van der Waals surface area contributed by atoms with Crippen LogP contribution in [0.1, 0.15) is 22.3 Å². The lowest BCUT2D eigenvalue weighted by Crippen LogP contribution is -2.32. The summed E-state index contributed by atoms with van der Waals surface area (Å²) in [6.45, 7) is 0. The van der Waals surface area contributed by atoms with Crippen LogP contribution in [-0.4, -0.2) is 4.57 Å². The van der Waals surface area contributed by atoms with Crippen molar-refractivity contribution in [1.29, 1.82) is 0 Å². The normalized spacial score (nSPS) is 12.7. The Morgan fingerprint density at radius 3 is 1.64 bits per heavy atom. The minimum Gasteiger partial charge on any atom is -0.454 e. The number of aromatic nitrogens is 1. The molecule has 0 radical (unpaired) electrons. The van der Waals surface area contributed by atoms with Crippen LogP contribution < -0.4 is 4.90 Å². The van der Waals surface area contributed by atoms with E-state index in [-0.39, 0.29) is 0 Å². The maximum absolute atomic E-state index is 6.85. The summed E-state index contributed by atoms with van der Waals surface area (Å²) in [6.07, 6.45) is 0. The van der Waals surface area contributed by atoms with Gasteiger partial charge < -0.3 is 13.9 Å². The van der Waals surface area contributed by atoms with Gasteiger partial charge in [-0.2, -0.15) is 0 Å². The highest BCUT2D eigenvalue weighted by Gasteiger charge is 2.44. The fourth-order valence-corrected chi connectivity index (χ4v) is 11.7. The van der Waals surface area contributed by atoms with Crippen molar-refractivity contribution in [2.75, 3.05) is 4.90 Å². The number of fused-ring (bicyclic) bond motifs is 11. The topological polar surface area (TPSA) is 21.3 Å². The second kappa shape index (κ2) is 16.0. The number of hydrogen-bond donors (Lipinski definition) is 0. The summed E-state index contributed by atoms with van der Waals surface area (Å²) in [5.41, 5.74) is 19.7. The lowest BCUT2D eigenvalue weighted by Gasteiger charge is -2.38. The van der Waals surface area contributed by atoms with Gasteiger partial charge in [-0.15, -0.1) is 0 Å². The molecule has 0 saturated heterocycles. The van der Waals surface area contributed by atoms with Crippen molar-refractivity contribution >= 4 is 60.8 Å². The minimum absolute atomic E-state index is 0.688. The summed E-state index contributed by atoms with van der Waals surface area (Å²) >= 11 is 0. The molecule has 0 amide bonds. The Balaban J connectivity index is 0.982. The molecule has 0 N–H and O–H groups in total. The lowest BCUT2D eigenvalue weighted by molar-refractivity contribution is 0.669. The van der Waals surface area contributed by atoms with Gasteiger partial charge in [-0.3, -0.25) is 0 Å². The van der Waals surface area contributed by atoms with E-state index in [1.807, 2.05) is 6.07 Å². The molecule has 1 aliphatic carbocycles. The Kier molecular flexibility index (Phi) is 9.11. The van der Waals surface area contributed by atoms with Crippen LogP contribution in [0.5, 0.6) is 0 Å². The molecule has 13 aromatic rings. The van der Waals surface area contributed by atoms with Crippen LogP contribution in [0.3, 0.4) is 0 Å². The number of hydrogen-bond acceptors (Lipinski definition) is 2. The molecule has 0 fully saturated rings. The maximum atomic E-state index is 6.85. The zero-order valence-electron chi connectivity index (χ0n) is 38.2. The molecule has 3 heteroatoms. The average Bonchev–Trinajstić information content (AvgIpc) is 3.95. The standard InChI is InChI=1S/C67H44N2O/c1-3-19-47(20-4-1)67(60-32-13-9-27-54(60)52-25-7-8-26-53(52)55-28-10-14-33-61(55)67)48-21-17-24-51(44-48)68(64-35-18-31-58-57-30-12-16-36-65(57)70-66(58)64)50-40-37-45(38-41-50)46-39-42-63-59(43-46)56-29-11-15-34-62(56)69(63)49-22-5-2-6-23-49/h1-44H. The van der Waals surface area contributed by atoms with E-state index in [4.69, 9.17) is 4.42 Å². The highest BCUT2D eigenvalue weighted by Crippen LogP contribution is 2.56. The van der Waals surface area contributed by atoms with Gasteiger partial charge >= 0.3 is 0 Å². The van der Waals surface area contributed by atoms with E-state index in [2.05, 4.69) is 270 Å². The molecule has 0 saturated carbocycles. The monoisotopic (exact) mass is 892 g/mol. The zero-order valence-corrected chi connectivity index (χ0v) is 38.2. The van der Waals surface area contributed by atoms with Gasteiger partial charge in [-0.25, -0.2) is 0 Å². The number of benzene rings is 11. The van der Waals surface area contributed by atoms with Gasteiger partial charge in [0.1, 0.15) is 5.58 Å². The second-order valence-corrected chi connectivity index (χ2v) is 18.4. The number of anilines is 3. The van der Waals surface area contributed by atoms with Crippen LogP contribution in [0.2, 0.25) is 0 Å². The molecule has 0 bridgehead atoms. The van der Waals surface area contributed by atoms with Gasteiger partial charge in [0.25, 0.3) is 0 Å².